The van der Waals surface area contributed by atoms with Crippen LogP contribution in [0.25, 0.3) is 21.9 Å². The van der Waals surface area contributed by atoms with E-state index in [0.717, 1.165) is 44.0 Å². The summed E-state index contributed by atoms with van der Waals surface area (Å²) in [6, 6.07) is 8.00. The summed E-state index contributed by atoms with van der Waals surface area (Å²) in [4.78, 5) is 60.1. The van der Waals surface area contributed by atoms with Crippen molar-refractivity contribution < 1.29 is 37.1 Å². The molecule has 8 rings (SSSR count). The number of amides is 3. The normalized spacial score (nSPS) is 23.5. The van der Waals surface area contributed by atoms with Gasteiger partial charge in [-0.1, -0.05) is 12.1 Å². The zero-order chi connectivity index (χ0) is 42.0. The first-order valence-electron chi connectivity index (χ1n) is 19.8. The number of piperidine rings is 2. The van der Waals surface area contributed by atoms with Crippen molar-refractivity contribution in [2.45, 2.75) is 94.7 Å². The van der Waals surface area contributed by atoms with Crippen molar-refractivity contribution in [3.63, 3.8) is 0 Å². The number of halogens is 4. The highest BCUT2D eigenvalue weighted by Crippen LogP contribution is 2.39. The predicted molar refractivity (Wildman–Crippen MR) is 208 cm³/mol. The summed E-state index contributed by atoms with van der Waals surface area (Å²) in [5.41, 5.74) is -0.613. The van der Waals surface area contributed by atoms with Crippen LogP contribution in [-0.4, -0.2) is 82.4 Å². The number of carbonyl (C=O) groups excluding carboxylic acids is 3. The maximum atomic E-state index is 16.2. The van der Waals surface area contributed by atoms with E-state index in [4.69, 9.17) is 5.10 Å². The molecule has 2 saturated heterocycles. The van der Waals surface area contributed by atoms with Crippen LogP contribution < -0.4 is 16.3 Å². The molecule has 312 valence electrons. The number of aromatic nitrogens is 6. The van der Waals surface area contributed by atoms with Gasteiger partial charge in [0.15, 0.2) is 5.69 Å². The third-order valence-electron chi connectivity index (χ3n) is 12.1. The highest BCUT2D eigenvalue weighted by atomic mass is 19.4. The van der Waals surface area contributed by atoms with Crippen LogP contribution >= 0.6 is 0 Å². The summed E-state index contributed by atoms with van der Waals surface area (Å²) in [6.45, 7) is 4.77. The SMILES string of the molecule is Cn1c(=O)n(C2CCC(=O)NC2=O)c2cccc([C@@H]3CCN(CC4CCC(n5cc6cc(NC(=O)c7cncc(C(F)(F)F)n7)c(C(C)(C)O)cc6n5)CC4)C[C@H]3F)c21. The molecule has 1 saturated carbocycles. The smallest absolute Gasteiger partial charge is 0.386 e. The minimum Gasteiger partial charge on any atom is -0.386 e. The lowest BCUT2D eigenvalue weighted by Gasteiger charge is -2.38. The molecule has 0 bridgehead atoms. The van der Waals surface area contributed by atoms with Crippen LogP contribution in [0.1, 0.15) is 104 Å². The van der Waals surface area contributed by atoms with E-state index in [9.17, 15) is 37.5 Å². The van der Waals surface area contributed by atoms with Gasteiger partial charge in [-0.25, -0.2) is 14.2 Å². The fourth-order valence-corrected chi connectivity index (χ4v) is 9.12. The lowest BCUT2D eigenvalue weighted by Crippen LogP contribution is -2.44. The summed E-state index contributed by atoms with van der Waals surface area (Å²) < 4.78 is 60.6. The van der Waals surface area contributed by atoms with Gasteiger partial charge in [0.2, 0.25) is 11.8 Å². The molecule has 14 nitrogen and oxygen atoms in total. The first kappa shape index (κ1) is 40.3. The number of nitrogens with zero attached hydrogens (tertiary/aromatic N) is 7. The molecule has 3 N–H and O–H groups in total. The Kier molecular flexibility index (Phi) is 10.4. The number of carbonyl (C=O) groups is 3. The van der Waals surface area contributed by atoms with Gasteiger partial charge in [-0.15, -0.1) is 0 Å². The van der Waals surface area contributed by atoms with Gasteiger partial charge in [0, 0.05) is 55.3 Å². The predicted octanol–water partition coefficient (Wildman–Crippen LogP) is 5.51. The summed E-state index contributed by atoms with van der Waals surface area (Å²) in [5, 5.41) is 21.4. The highest BCUT2D eigenvalue weighted by Gasteiger charge is 2.37. The average Bonchev–Trinajstić information content (AvgIpc) is 3.71. The lowest BCUT2D eigenvalue weighted by atomic mass is 9.83. The molecule has 1 aliphatic carbocycles. The van der Waals surface area contributed by atoms with Crippen LogP contribution in [0.3, 0.4) is 0 Å². The maximum absolute atomic E-state index is 16.2. The highest BCUT2D eigenvalue weighted by molar-refractivity contribution is 6.04. The Labute approximate surface area is 335 Å². The van der Waals surface area contributed by atoms with Crippen molar-refractivity contribution >= 4 is 45.3 Å². The number of aliphatic hydroxyl groups is 1. The van der Waals surface area contributed by atoms with E-state index >= 15 is 4.39 Å². The number of hydrogen-bond donors (Lipinski definition) is 3. The van der Waals surface area contributed by atoms with Gasteiger partial charge in [-0.3, -0.25) is 38.5 Å². The second-order valence-corrected chi connectivity index (χ2v) is 16.6. The zero-order valence-electron chi connectivity index (χ0n) is 32.8. The Hall–Kier alpha value is -5.49. The second kappa shape index (κ2) is 15.3. The second-order valence-electron chi connectivity index (χ2n) is 16.6. The molecule has 3 atom stereocenters. The molecule has 3 fully saturated rings. The van der Waals surface area contributed by atoms with Gasteiger partial charge < -0.3 is 15.3 Å². The number of aryl methyl sites for hydroxylation is 1. The Morgan fingerprint density at radius 1 is 1.03 bits per heavy atom. The van der Waals surface area contributed by atoms with Gasteiger partial charge >= 0.3 is 11.9 Å². The van der Waals surface area contributed by atoms with Crippen LogP contribution in [0.4, 0.5) is 23.2 Å². The number of hydrogen-bond acceptors (Lipinski definition) is 9. The third-order valence-corrected chi connectivity index (χ3v) is 12.1. The number of para-hydroxylation sites is 1. The van der Waals surface area contributed by atoms with Gasteiger partial charge in [-0.05, 0) is 88.6 Å². The van der Waals surface area contributed by atoms with E-state index in [1.54, 1.807) is 31.3 Å². The van der Waals surface area contributed by atoms with E-state index in [2.05, 4.69) is 25.5 Å². The van der Waals surface area contributed by atoms with Crippen LogP contribution in [0.15, 0.2) is 53.7 Å². The van der Waals surface area contributed by atoms with Crippen LogP contribution in [0.2, 0.25) is 0 Å². The van der Waals surface area contributed by atoms with Crippen molar-refractivity contribution in [2.24, 2.45) is 13.0 Å². The number of anilines is 1. The fraction of sp³-hybridized carbons (Fsp3) is 0.488. The Morgan fingerprint density at radius 2 is 1.80 bits per heavy atom. The van der Waals surface area contributed by atoms with Gasteiger partial charge in [0.05, 0.1) is 40.6 Å². The standard InChI is InChI=1S/C41H45F4N9O5/c1-40(2,59)27-16-29-23(15-30(27)48-37(56)31-17-46-18-34(47-31)41(43,44)45)20-53(50-29)24-9-7-22(8-10-24)19-52-14-13-25(28(42)21-52)26-5-4-6-32-36(26)51(3)39(58)54(32)33-11-12-35(55)49-38(33)57/h4-6,15-18,20,22,24-25,28,33,59H,7-14,19,21H2,1-3H3,(H,48,56)(H,49,55,57)/t22?,24?,25-,28+,33?/m0/s1. The van der Waals surface area contributed by atoms with Crippen molar-refractivity contribution in [2.75, 3.05) is 25.0 Å². The monoisotopic (exact) mass is 819 g/mol. The van der Waals surface area contributed by atoms with Crippen LogP contribution in [0.5, 0.6) is 0 Å². The molecule has 3 aliphatic rings. The van der Waals surface area contributed by atoms with Crippen molar-refractivity contribution in [1.82, 2.24) is 39.1 Å². The first-order chi connectivity index (χ1) is 28.0. The fourth-order valence-electron chi connectivity index (χ4n) is 9.12. The van der Waals surface area contributed by atoms with Crippen molar-refractivity contribution in [1.29, 1.82) is 0 Å². The molecule has 1 unspecified atom stereocenters. The number of benzene rings is 2. The summed E-state index contributed by atoms with van der Waals surface area (Å²) in [6.07, 6.45) is 1.81. The van der Waals surface area contributed by atoms with Crippen molar-refractivity contribution in [3.05, 3.63) is 81.9 Å². The van der Waals surface area contributed by atoms with Crippen LogP contribution in [-0.2, 0) is 28.4 Å². The Bertz CT molecular complexity index is 2510. The van der Waals surface area contributed by atoms with Gasteiger partial charge in [0.1, 0.15) is 17.9 Å². The molecular formula is C41H45F4N9O5. The topological polar surface area (TPSA) is 169 Å². The van der Waals surface area contributed by atoms with Gasteiger partial charge in [-0.2, -0.15) is 18.3 Å². The van der Waals surface area contributed by atoms with E-state index in [-0.39, 0.29) is 42.7 Å². The molecule has 59 heavy (non-hydrogen) atoms. The quantitative estimate of drug-likeness (QED) is 0.135. The van der Waals surface area contributed by atoms with Crippen LogP contribution in [0, 0.1) is 5.92 Å². The lowest BCUT2D eigenvalue weighted by molar-refractivity contribution is -0.141. The van der Waals surface area contributed by atoms with Crippen molar-refractivity contribution in [3.8, 4) is 0 Å². The summed E-state index contributed by atoms with van der Waals surface area (Å²) in [5.74, 6) is -1.86. The van der Waals surface area contributed by atoms with E-state index in [1.165, 1.54) is 23.0 Å². The van der Waals surface area contributed by atoms with Gasteiger partial charge in [0.25, 0.3) is 5.91 Å². The third kappa shape index (κ3) is 7.87. The zero-order valence-corrected chi connectivity index (χ0v) is 32.8. The number of rotatable bonds is 8. The average molecular weight is 820 g/mol. The molecule has 0 spiro atoms. The molecule has 3 amide bonds. The summed E-state index contributed by atoms with van der Waals surface area (Å²) >= 11 is 0. The number of nitrogens with one attached hydrogen (secondary N) is 2. The minimum atomic E-state index is -4.78. The molecule has 0 radical (unpaired) electrons. The molecule has 3 aromatic heterocycles. The number of imidazole rings is 1. The largest absolute Gasteiger partial charge is 0.434 e. The Balaban J connectivity index is 0.912. The minimum absolute atomic E-state index is 0.0851. The van der Waals surface area contributed by atoms with E-state index in [1.807, 2.05) is 16.9 Å². The first-order valence-corrected chi connectivity index (χ1v) is 19.8. The number of alkyl halides is 4. The summed E-state index contributed by atoms with van der Waals surface area (Å²) in [7, 11) is 1.63. The molecule has 2 aromatic carbocycles. The Morgan fingerprint density at radius 3 is 2.49 bits per heavy atom. The van der Waals surface area contributed by atoms with E-state index < -0.39 is 53.1 Å². The maximum Gasteiger partial charge on any atom is 0.434 e. The van der Waals surface area contributed by atoms with E-state index in [0.29, 0.717) is 52.6 Å². The molecule has 5 aromatic rings. The molecule has 2 aliphatic heterocycles. The molecular weight excluding hydrogens is 775 g/mol. The number of imide groups is 1. The number of fused-ring (bicyclic) bond motifs is 2. The molecule has 18 heteroatoms. The molecule has 5 heterocycles. The number of likely N-dealkylation sites (tertiary alicyclic amines) is 1.